The molecule has 0 saturated heterocycles. The molecule has 0 saturated carbocycles. The van der Waals surface area contributed by atoms with Gasteiger partial charge in [-0.2, -0.15) is 15.4 Å². The van der Waals surface area contributed by atoms with Crippen LogP contribution in [-0.4, -0.2) is 15.4 Å². The first-order valence-electron chi connectivity index (χ1n) is 3.88. The van der Waals surface area contributed by atoms with Crippen molar-refractivity contribution in [2.24, 2.45) is 0 Å². The zero-order chi connectivity index (χ0) is 9.26. The van der Waals surface area contributed by atoms with Crippen LogP contribution in [0.15, 0.2) is 30.5 Å². The summed E-state index contributed by atoms with van der Waals surface area (Å²) in [5.74, 6) is -0.290. The minimum Gasteiger partial charge on any atom is -0.207 e. The van der Waals surface area contributed by atoms with Gasteiger partial charge in [0.2, 0.25) is 1.41 Å². The van der Waals surface area contributed by atoms with Crippen LogP contribution in [0.25, 0.3) is 11.3 Å². The van der Waals surface area contributed by atoms with Crippen molar-refractivity contribution in [2.75, 3.05) is 0 Å². The molecule has 0 spiro atoms. The topological polar surface area (TPSA) is 41.6 Å². The number of hydrogen-bond donors (Lipinski definition) is 1. The van der Waals surface area contributed by atoms with Gasteiger partial charge in [-0.3, -0.25) is 0 Å². The summed E-state index contributed by atoms with van der Waals surface area (Å²) in [6.07, 6.45) is 1.46. The highest BCUT2D eigenvalue weighted by atomic mass is 19.1. The zero-order valence-corrected chi connectivity index (χ0v) is 6.11. The molecule has 2 aromatic rings. The van der Waals surface area contributed by atoms with Gasteiger partial charge in [0.1, 0.15) is 11.5 Å². The average molecular weight is 164 g/mol. The lowest BCUT2D eigenvalue weighted by Crippen LogP contribution is -1.78. The first-order chi connectivity index (χ1) is 6.25. The van der Waals surface area contributed by atoms with E-state index < -0.39 is 0 Å². The molecule has 0 aliphatic carbocycles. The first-order valence-corrected chi connectivity index (χ1v) is 3.43. The second-order valence-corrected chi connectivity index (χ2v) is 2.33. The van der Waals surface area contributed by atoms with Gasteiger partial charge in [0.25, 0.3) is 0 Å². The third-order valence-corrected chi connectivity index (χ3v) is 1.52. The molecule has 2 rings (SSSR count). The van der Waals surface area contributed by atoms with E-state index in [0.717, 1.165) is 10.8 Å². The van der Waals surface area contributed by atoms with Crippen molar-refractivity contribution < 1.29 is 5.80 Å². The molecule has 0 bridgehead atoms. The quantitative estimate of drug-likeness (QED) is 0.695. The molecule has 0 atom stereocenters. The third-order valence-electron chi connectivity index (χ3n) is 1.52. The van der Waals surface area contributed by atoms with Crippen molar-refractivity contribution in [3.63, 3.8) is 0 Å². The van der Waals surface area contributed by atoms with Crippen molar-refractivity contribution in [1.82, 2.24) is 15.4 Å². The maximum Gasteiger partial charge on any atom is 0.214 e. The fourth-order valence-corrected chi connectivity index (χ4v) is 0.933. The molecule has 0 unspecified atom stereocenters. The number of rotatable bonds is 1. The molecule has 1 aromatic heterocycles. The Morgan fingerprint density at radius 1 is 1.33 bits per heavy atom. The summed E-state index contributed by atoms with van der Waals surface area (Å²) in [6.45, 7) is 0. The lowest BCUT2D eigenvalue weighted by Gasteiger charge is -1.93. The minimum absolute atomic E-state index is 0.290. The lowest BCUT2D eigenvalue weighted by molar-refractivity contribution is 0.628. The van der Waals surface area contributed by atoms with Crippen LogP contribution in [0.2, 0.25) is 1.41 Å². The molecule has 60 valence electrons. The van der Waals surface area contributed by atoms with Gasteiger partial charge in [-0.1, -0.05) is 0 Å². The van der Waals surface area contributed by atoms with Crippen LogP contribution in [-0.2, 0) is 0 Å². The standard InChI is InChI=1S/C8H6FN3/c9-7-3-1-6(2-4-7)8-5-10-12-11-8/h1-5H,(H,10,11,12)/i/hD. The van der Waals surface area contributed by atoms with Gasteiger partial charge in [-0.25, -0.2) is 4.39 Å². The summed E-state index contributed by atoms with van der Waals surface area (Å²) in [4.78, 5) is 0. The van der Waals surface area contributed by atoms with Crippen molar-refractivity contribution in [1.29, 1.82) is 0 Å². The van der Waals surface area contributed by atoms with E-state index >= 15 is 0 Å². The molecular weight excluding hydrogens is 157 g/mol. The largest absolute Gasteiger partial charge is 0.214 e. The van der Waals surface area contributed by atoms with E-state index in [9.17, 15) is 4.39 Å². The van der Waals surface area contributed by atoms with Crippen LogP contribution in [0.3, 0.4) is 0 Å². The van der Waals surface area contributed by atoms with Crippen molar-refractivity contribution in [2.45, 2.75) is 0 Å². The van der Waals surface area contributed by atoms with Gasteiger partial charge in [-0.15, -0.1) is 0 Å². The van der Waals surface area contributed by atoms with Crippen LogP contribution in [0, 0.1) is 5.82 Å². The number of nitrogens with one attached hydrogen (secondary N) is 1. The van der Waals surface area contributed by atoms with Crippen molar-refractivity contribution in [3.05, 3.63) is 36.3 Å². The molecular formula is C8H6FN3. The lowest BCUT2D eigenvalue weighted by atomic mass is 10.2. The average Bonchev–Trinajstić information content (AvgIpc) is 2.53. The Morgan fingerprint density at radius 3 is 2.67 bits per heavy atom. The van der Waals surface area contributed by atoms with Gasteiger partial charge < -0.3 is 0 Å². The normalized spacial score (nSPS) is 11.2. The monoisotopic (exact) mass is 164 g/mol. The van der Waals surface area contributed by atoms with Crippen LogP contribution in [0.1, 0.15) is 0 Å². The summed E-state index contributed by atoms with van der Waals surface area (Å²) in [5.41, 5.74) is 1.31. The Kier molecular flexibility index (Phi) is 1.34. The molecule has 1 heterocycles. The Labute approximate surface area is 69.7 Å². The number of nitrogens with zero attached hydrogens (tertiary/aromatic N) is 2. The number of halogens is 1. The van der Waals surface area contributed by atoms with Gasteiger partial charge in [0, 0.05) is 5.56 Å². The molecule has 0 radical (unpaired) electrons. The van der Waals surface area contributed by atoms with Crippen LogP contribution in [0.5, 0.6) is 0 Å². The van der Waals surface area contributed by atoms with Gasteiger partial charge in [0.05, 0.1) is 6.20 Å². The van der Waals surface area contributed by atoms with Crippen molar-refractivity contribution in [3.8, 4) is 11.3 Å². The highest BCUT2D eigenvalue weighted by Crippen LogP contribution is 2.14. The molecule has 1 aromatic carbocycles. The van der Waals surface area contributed by atoms with Crippen LogP contribution >= 0.6 is 0 Å². The second kappa shape index (κ2) is 2.73. The number of hydrogen-bond acceptors (Lipinski definition) is 2. The fourth-order valence-electron chi connectivity index (χ4n) is 0.933. The van der Waals surface area contributed by atoms with Crippen LogP contribution in [0.4, 0.5) is 4.39 Å². The fraction of sp³-hybridized carbons (Fsp3) is 0. The molecule has 0 fully saturated rings. The summed E-state index contributed by atoms with van der Waals surface area (Å²) in [7, 11) is 0. The minimum atomic E-state index is -0.290. The summed E-state index contributed by atoms with van der Waals surface area (Å²) in [5, 5.41) is 8.08. The summed E-state index contributed by atoms with van der Waals surface area (Å²) in [6, 6.07) is 5.88. The Hall–Kier alpha value is -1.71. The Morgan fingerprint density at radius 2 is 2.08 bits per heavy atom. The maximum absolute atomic E-state index is 12.5. The van der Waals surface area contributed by atoms with E-state index in [4.69, 9.17) is 1.41 Å². The van der Waals surface area contributed by atoms with Gasteiger partial charge in [0.15, 0.2) is 0 Å². The Bertz CT molecular complexity index is 410. The van der Waals surface area contributed by atoms with Crippen molar-refractivity contribution >= 4 is 0 Å². The SMILES string of the molecule is [2H]n1ncc(-c2ccc(F)cc2)n1. The van der Waals surface area contributed by atoms with Gasteiger partial charge >= 0.3 is 0 Å². The van der Waals surface area contributed by atoms with E-state index in [0.29, 0.717) is 5.69 Å². The predicted molar refractivity (Wildman–Crippen MR) is 41.8 cm³/mol. The molecule has 12 heavy (non-hydrogen) atoms. The molecule has 3 nitrogen and oxygen atoms in total. The number of benzene rings is 1. The highest BCUT2D eigenvalue weighted by Gasteiger charge is 1.98. The number of H-pyrrole nitrogens is 1. The Balaban J connectivity index is 2.41. The zero-order valence-electron chi connectivity index (χ0n) is 7.11. The molecule has 1 N–H and O–H groups in total. The predicted octanol–water partition coefficient (Wildman–Crippen LogP) is 1.61. The second-order valence-electron chi connectivity index (χ2n) is 2.33. The smallest absolute Gasteiger partial charge is 0.207 e. The van der Waals surface area contributed by atoms with E-state index in [1.807, 2.05) is 0 Å². The van der Waals surface area contributed by atoms with E-state index in [1.165, 1.54) is 18.3 Å². The molecule has 0 amide bonds. The molecule has 4 heteroatoms. The highest BCUT2D eigenvalue weighted by molar-refractivity contribution is 5.56. The summed E-state index contributed by atoms with van der Waals surface area (Å²) < 4.78 is 19.6. The number of aromatic amines is 1. The number of aromatic nitrogens is 3. The van der Waals surface area contributed by atoms with Crippen LogP contribution < -0.4 is 0 Å². The van der Waals surface area contributed by atoms with Gasteiger partial charge in [-0.05, 0) is 24.3 Å². The molecule has 0 aliphatic rings. The first kappa shape index (κ1) is 5.88. The third kappa shape index (κ3) is 1.18. The van der Waals surface area contributed by atoms with E-state index in [1.54, 1.807) is 12.1 Å². The summed E-state index contributed by atoms with van der Waals surface area (Å²) >= 11 is 0. The maximum atomic E-state index is 12.5. The molecule has 0 aliphatic heterocycles. The van der Waals surface area contributed by atoms with E-state index in [-0.39, 0.29) is 5.82 Å². The van der Waals surface area contributed by atoms with E-state index in [2.05, 4.69) is 10.2 Å².